The van der Waals surface area contributed by atoms with Gasteiger partial charge in [-0.1, -0.05) is 18.2 Å². The molecule has 0 bridgehead atoms. The van der Waals surface area contributed by atoms with Crippen molar-refractivity contribution < 1.29 is 14.3 Å². The first-order chi connectivity index (χ1) is 8.29. The third kappa shape index (κ3) is 1.84. The van der Waals surface area contributed by atoms with E-state index >= 15 is 0 Å². The third-order valence-corrected chi connectivity index (χ3v) is 3.31. The van der Waals surface area contributed by atoms with Crippen LogP contribution in [0.1, 0.15) is 24.5 Å². The highest BCUT2D eigenvalue weighted by Gasteiger charge is 2.42. The zero-order valence-electron chi connectivity index (χ0n) is 9.76. The number of ether oxygens (including phenoxy) is 2. The minimum atomic E-state index is -0.195. The molecule has 90 valence electrons. The summed E-state index contributed by atoms with van der Waals surface area (Å²) in [7, 11) is 1.63. The van der Waals surface area contributed by atoms with Crippen LogP contribution in [0.25, 0.3) is 0 Å². The SMILES string of the molecule is COc1ccccc1C1CN(C2CC2)C(=O)O1. The molecule has 4 heteroatoms. The van der Waals surface area contributed by atoms with Gasteiger partial charge in [0.15, 0.2) is 0 Å². The number of cyclic esters (lactones) is 1. The predicted molar refractivity (Wildman–Crippen MR) is 61.9 cm³/mol. The number of amides is 1. The van der Waals surface area contributed by atoms with Gasteiger partial charge in [-0.05, 0) is 18.9 Å². The summed E-state index contributed by atoms with van der Waals surface area (Å²) in [5.74, 6) is 0.781. The van der Waals surface area contributed by atoms with Crippen molar-refractivity contribution in [1.29, 1.82) is 0 Å². The van der Waals surface area contributed by atoms with E-state index in [9.17, 15) is 4.79 Å². The third-order valence-electron chi connectivity index (χ3n) is 3.31. The zero-order valence-corrected chi connectivity index (χ0v) is 9.76. The molecule has 1 aliphatic carbocycles. The summed E-state index contributed by atoms with van der Waals surface area (Å²) in [5, 5.41) is 0. The van der Waals surface area contributed by atoms with Crippen LogP contribution in [0.5, 0.6) is 5.75 Å². The molecule has 4 nitrogen and oxygen atoms in total. The molecule has 17 heavy (non-hydrogen) atoms. The number of carbonyl (C=O) groups excluding carboxylic acids is 1. The molecule has 1 heterocycles. The Morgan fingerprint density at radius 2 is 2.12 bits per heavy atom. The number of rotatable bonds is 3. The second-order valence-corrected chi connectivity index (χ2v) is 4.50. The Balaban J connectivity index is 1.83. The van der Waals surface area contributed by atoms with Crippen LogP contribution in [0.2, 0.25) is 0 Å². The molecule has 1 aliphatic heterocycles. The summed E-state index contributed by atoms with van der Waals surface area (Å²) < 4.78 is 10.7. The van der Waals surface area contributed by atoms with Crippen molar-refractivity contribution in [3.63, 3.8) is 0 Å². The molecule has 2 fully saturated rings. The molecule has 1 saturated heterocycles. The van der Waals surface area contributed by atoms with E-state index in [1.165, 1.54) is 0 Å². The van der Waals surface area contributed by atoms with Crippen LogP contribution < -0.4 is 4.74 Å². The second-order valence-electron chi connectivity index (χ2n) is 4.50. The number of methoxy groups -OCH3 is 1. The summed E-state index contributed by atoms with van der Waals surface area (Å²) >= 11 is 0. The van der Waals surface area contributed by atoms with Gasteiger partial charge >= 0.3 is 6.09 Å². The quantitative estimate of drug-likeness (QED) is 0.804. The average molecular weight is 233 g/mol. The molecule has 1 saturated carbocycles. The topological polar surface area (TPSA) is 38.8 Å². The molecule has 1 atom stereocenters. The van der Waals surface area contributed by atoms with Gasteiger partial charge in [0, 0.05) is 11.6 Å². The fourth-order valence-corrected chi connectivity index (χ4v) is 2.26. The summed E-state index contributed by atoms with van der Waals surface area (Å²) in [6, 6.07) is 8.10. The van der Waals surface area contributed by atoms with E-state index in [2.05, 4.69) is 0 Å². The van der Waals surface area contributed by atoms with Crippen LogP contribution in [0.15, 0.2) is 24.3 Å². The summed E-state index contributed by atoms with van der Waals surface area (Å²) in [6.07, 6.45) is 1.82. The van der Waals surface area contributed by atoms with Crippen molar-refractivity contribution in [2.24, 2.45) is 0 Å². The maximum absolute atomic E-state index is 11.7. The number of hydrogen-bond acceptors (Lipinski definition) is 3. The van der Waals surface area contributed by atoms with Crippen LogP contribution >= 0.6 is 0 Å². The van der Waals surface area contributed by atoms with Crippen LogP contribution in [0, 0.1) is 0 Å². The van der Waals surface area contributed by atoms with Crippen LogP contribution in [0.4, 0.5) is 4.79 Å². The van der Waals surface area contributed by atoms with E-state index in [-0.39, 0.29) is 12.2 Å². The van der Waals surface area contributed by atoms with Gasteiger partial charge in [0.1, 0.15) is 11.9 Å². The minimum absolute atomic E-state index is 0.191. The molecule has 0 radical (unpaired) electrons. The van der Waals surface area contributed by atoms with E-state index in [1.54, 1.807) is 7.11 Å². The molecule has 0 N–H and O–H groups in total. The highest BCUT2D eigenvalue weighted by molar-refractivity contribution is 5.71. The Labute approximate surface area is 100 Å². The normalized spacial score (nSPS) is 23.7. The van der Waals surface area contributed by atoms with Crippen molar-refractivity contribution in [1.82, 2.24) is 4.90 Å². The molecule has 2 aliphatic rings. The summed E-state index contributed by atoms with van der Waals surface area (Å²) in [5.41, 5.74) is 0.950. The highest BCUT2D eigenvalue weighted by atomic mass is 16.6. The van der Waals surface area contributed by atoms with Crippen molar-refractivity contribution >= 4 is 6.09 Å². The van der Waals surface area contributed by atoms with E-state index in [4.69, 9.17) is 9.47 Å². The van der Waals surface area contributed by atoms with Gasteiger partial charge in [-0.15, -0.1) is 0 Å². The molecule has 1 amide bonds. The Kier molecular flexibility index (Phi) is 2.42. The predicted octanol–water partition coefficient (Wildman–Crippen LogP) is 2.35. The maximum Gasteiger partial charge on any atom is 0.410 e. The van der Waals surface area contributed by atoms with Gasteiger partial charge in [0.2, 0.25) is 0 Å². The molecule has 0 aromatic heterocycles. The van der Waals surface area contributed by atoms with E-state index in [0.29, 0.717) is 12.6 Å². The lowest BCUT2D eigenvalue weighted by molar-refractivity contribution is 0.131. The Morgan fingerprint density at radius 3 is 2.82 bits per heavy atom. The Bertz CT molecular complexity index is 442. The number of para-hydroxylation sites is 1. The average Bonchev–Trinajstić information content (AvgIpc) is 3.13. The lowest BCUT2D eigenvalue weighted by Gasteiger charge is -2.13. The monoisotopic (exact) mass is 233 g/mol. The van der Waals surface area contributed by atoms with Crippen LogP contribution in [0.3, 0.4) is 0 Å². The summed E-state index contributed by atoms with van der Waals surface area (Å²) in [6.45, 7) is 0.643. The van der Waals surface area contributed by atoms with E-state index in [0.717, 1.165) is 24.2 Å². The first-order valence-electron chi connectivity index (χ1n) is 5.90. The first-order valence-corrected chi connectivity index (χ1v) is 5.90. The fraction of sp³-hybridized carbons (Fsp3) is 0.462. The number of carbonyl (C=O) groups is 1. The van der Waals surface area contributed by atoms with Crippen molar-refractivity contribution in [2.75, 3.05) is 13.7 Å². The largest absolute Gasteiger partial charge is 0.496 e. The molecule has 3 rings (SSSR count). The lowest BCUT2D eigenvalue weighted by Crippen LogP contribution is -2.26. The second kappa shape index (κ2) is 3.95. The van der Waals surface area contributed by atoms with Gasteiger partial charge in [-0.25, -0.2) is 4.79 Å². The van der Waals surface area contributed by atoms with Gasteiger partial charge < -0.3 is 14.4 Å². The smallest absolute Gasteiger partial charge is 0.410 e. The zero-order chi connectivity index (χ0) is 11.8. The van der Waals surface area contributed by atoms with Crippen LogP contribution in [-0.2, 0) is 4.74 Å². The minimum Gasteiger partial charge on any atom is -0.496 e. The van der Waals surface area contributed by atoms with Crippen molar-refractivity contribution in [3.8, 4) is 5.75 Å². The summed E-state index contributed by atoms with van der Waals surface area (Å²) in [4.78, 5) is 13.5. The van der Waals surface area contributed by atoms with Gasteiger partial charge in [-0.2, -0.15) is 0 Å². The fourth-order valence-electron chi connectivity index (χ4n) is 2.26. The molecule has 1 unspecified atom stereocenters. The number of nitrogens with zero attached hydrogens (tertiary/aromatic N) is 1. The number of hydrogen-bond donors (Lipinski definition) is 0. The molecule has 0 spiro atoms. The molecular formula is C13H15NO3. The van der Waals surface area contributed by atoms with Gasteiger partial charge in [0.05, 0.1) is 13.7 Å². The standard InChI is InChI=1S/C13H15NO3/c1-16-11-5-3-2-4-10(11)12-8-14(9-6-7-9)13(15)17-12/h2-5,9,12H,6-8H2,1H3. The van der Waals surface area contributed by atoms with Crippen molar-refractivity contribution in [2.45, 2.75) is 25.0 Å². The molecule has 1 aromatic carbocycles. The first kappa shape index (κ1) is 10.4. The molecule has 1 aromatic rings. The Hall–Kier alpha value is -1.71. The number of benzene rings is 1. The van der Waals surface area contributed by atoms with E-state index in [1.807, 2.05) is 29.2 Å². The lowest BCUT2D eigenvalue weighted by atomic mass is 10.1. The van der Waals surface area contributed by atoms with Gasteiger partial charge in [-0.3, -0.25) is 0 Å². The Morgan fingerprint density at radius 1 is 1.35 bits per heavy atom. The van der Waals surface area contributed by atoms with Gasteiger partial charge in [0.25, 0.3) is 0 Å². The van der Waals surface area contributed by atoms with Crippen molar-refractivity contribution in [3.05, 3.63) is 29.8 Å². The highest BCUT2D eigenvalue weighted by Crippen LogP contribution is 2.37. The van der Waals surface area contributed by atoms with Crippen LogP contribution in [-0.4, -0.2) is 30.7 Å². The molecular weight excluding hydrogens is 218 g/mol. The maximum atomic E-state index is 11.7. The van der Waals surface area contributed by atoms with E-state index < -0.39 is 0 Å².